The van der Waals surface area contributed by atoms with Gasteiger partial charge in [0.25, 0.3) is 11.5 Å². The van der Waals surface area contributed by atoms with Crippen LogP contribution >= 0.6 is 0 Å². The van der Waals surface area contributed by atoms with E-state index in [0.29, 0.717) is 30.5 Å². The molecule has 3 aromatic rings. The summed E-state index contributed by atoms with van der Waals surface area (Å²) in [5, 5.41) is 11.6. The zero-order chi connectivity index (χ0) is 24.3. The van der Waals surface area contributed by atoms with Gasteiger partial charge in [-0.1, -0.05) is 94.8 Å². The van der Waals surface area contributed by atoms with E-state index in [1.54, 1.807) is 15.5 Å². The van der Waals surface area contributed by atoms with E-state index in [2.05, 4.69) is 13.8 Å². The van der Waals surface area contributed by atoms with Crippen LogP contribution in [0.3, 0.4) is 0 Å². The third-order valence-electron chi connectivity index (χ3n) is 6.39. The highest BCUT2D eigenvalue weighted by Gasteiger charge is 2.26. The minimum atomic E-state index is -0.433. The van der Waals surface area contributed by atoms with Crippen molar-refractivity contribution in [1.82, 2.24) is 9.47 Å². The van der Waals surface area contributed by atoms with E-state index in [4.69, 9.17) is 0 Å². The minimum absolute atomic E-state index is 0.111. The highest BCUT2D eigenvalue weighted by atomic mass is 16.3. The Morgan fingerprint density at radius 2 is 1.41 bits per heavy atom. The van der Waals surface area contributed by atoms with Gasteiger partial charge in [0, 0.05) is 18.5 Å². The topological polar surface area (TPSA) is 62.5 Å². The number of fused-ring (bicyclic) bond motifs is 1. The Kier molecular flexibility index (Phi) is 9.75. The maximum atomic E-state index is 13.7. The molecule has 2 aromatic carbocycles. The zero-order valence-electron chi connectivity index (χ0n) is 20.6. The van der Waals surface area contributed by atoms with Crippen molar-refractivity contribution in [3.63, 3.8) is 0 Å². The number of rotatable bonds is 13. The molecule has 0 saturated heterocycles. The molecule has 34 heavy (non-hydrogen) atoms. The molecule has 0 aliphatic heterocycles. The number of carbonyl (C=O) groups is 1. The first-order valence-corrected chi connectivity index (χ1v) is 12.8. The van der Waals surface area contributed by atoms with Gasteiger partial charge in [-0.3, -0.25) is 9.59 Å². The number of hydrogen-bond donors (Lipinski definition) is 1. The number of amides is 1. The molecule has 0 aliphatic carbocycles. The van der Waals surface area contributed by atoms with Crippen LogP contribution in [0.15, 0.2) is 59.4 Å². The molecule has 0 aliphatic rings. The molecular weight excluding hydrogens is 424 g/mol. The second-order valence-electron chi connectivity index (χ2n) is 9.03. The van der Waals surface area contributed by atoms with Crippen molar-refractivity contribution in [3.8, 4) is 5.75 Å². The van der Waals surface area contributed by atoms with Crippen LogP contribution in [0.2, 0.25) is 0 Å². The smallest absolute Gasteiger partial charge is 0.268 e. The van der Waals surface area contributed by atoms with Crippen LogP contribution < -0.4 is 5.56 Å². The lowest BCUT2D eigenvalue weighted by Crippen LogP contribution is -2.38. The first kappa shape index (κ1) is 25.5. The van der Waals surface area contributed by atoms with Crippen LogP contribution in [0, 0.1) is 0 Å². The molecule has 0 bridgehead atoms. The summed E-state index contributed by atoms with van der Waals surface area (Å²) in [7, 11) is 0. The van der Waals surface area contributed by atoms with Gasteiger partial charge in [-0.15, -0.1) is 0 Å². The summed E-state index contributed by atoms with van der Waals surface area (Å²) in [5.41, 5.74) is 1.05. The summed E-state index contributed by atoms with van der Waals surface area (Å²) >= 11 is 0. The number of unbranched alkanes of at least 4 members (excludes halogenated alkanes) is 6. The van der Waals surface area contributed by atoms with Crippen LogP contribution in [0.4, 0.5) is 0 Å². The predicted molar refractivity (Wildman–Crippen MR) is 140 cm³/mol. The highest BCUT2D eigenvalue weighted by molar-refractivity contribution is 6.02. The van der Waals surface area contributed by atoms with Crippen molar-refractivity contribution in [2.24, 2.45) is 0 Å². The normalized spacial score (nSPS) is 11.1. The van der Waals surface area contributed by atoms with Gasteiger partial charge in [0.1, 0.15) is 11.3 Å². The Hall–Kier alpha value is -3.08. The van der Waals surface area contributed by atoms with Crippen LogP contribution in [0.25, 0.3) is 10.9 Å². The number of para-hydroxylation sites is 1. The summed E-state index contributed by atoms with van der Waals surface area (Å²) in [6.07, 6.45) is 8.42. The molecule has 0 atom stereocenters. The number of hydrogen-bond acceptors (Lipinski definition) is 3. The zero-order valence-corrected chi connectivity index (χ0v) is 20.6. The van der Waals surface area contributed by atoms with E-state index in [-0.39, 0.29) is 17.2 Å². The molecule has 1 amide bonds. The van der Waals surface area contributed by atoms with Crippen molar-refractivity contribution in [2.45, 2.75) is 71.8 Å². The molecule has 182 valence electrons. The Morgan fingerprint density at radius 3 is 2.03 bits per heavy atom. The van der Waals surface area contributed by atoms with Crippen molar-refractivity contribution < 1.29 is 9.90 Å². The molecule has 1 N–H and O–H groups in total. The second kappa shape index (κ2) is 13.0. The van der Waals surface area contributed by atoms with Gasteiger partial charge >= 0.3 is 0 Å². The summed E-state index contributed by atoms with van der Waals surface area (Å²) in [6, 6.07) is 17.0. The lowest BCUT2D eigenvalue weighted by molar-refractivity contribution is 0.0744. The molecule has 0 radical (unpaired) electrons. The molecule has 0 saturated carbocycles. The van der Waals surface area contributed by atoms with Gasteiger partial charge in [-0.2, -0.15) is 0 Å². The fraction of sp³-hybridized carbons (Fsp3) is 0.448. The summed E-state index contributed by atoms with van der Waals surface area (Å²) in [6.45, 7) is 5.88. The van der Waals surface area contributed by atoms with Crippen LogP contribution in [-0.2, 0) is 6.54 Å². The predicted octanol–water partition coefficient (Wildman–Crippen LogP) is 6.36. The number of aromatic nitrogens is 1. The molecule has 0 spiro atoms. The summed E-state index contributed by atoms with van der Waals surface area (Å²) < 4.78 is 1.62. The maximum Gasteiger partial charge on any atom is 0.268 e. The Morgan fingerprint density at radius 1 is 0.824 bits per heavy atom. The molecule has 1 aromatic heterocycles. The van der Waals surface area contributed by atoms with Crippen molar-refractivity contribution in [2.75, 3.05) is 13.1 Å². The van der Waals surface area contributed by atoms with Gasteiger partial charge in [0.15, 0.2) is 0 Å². The Bertz CT molecular complexity index is 1110. The number of benzene rings is 2. The SMILES string of the molecule is CCCCCCN(CCCCCC)C(=O)c1c(O)c2ccccc2n(Cc2ccccc2)c1=O. The van der Waals surface area contributed by atoms with Gasteiger partial charge in [0.2, 0.25) is 0 Å². The fourth-order valence-electron chi connectivity index (χ4n) is 4.44. The standard InChI is InChI=1S/C29H38N2O3/c1-3-5-7-14-20-30(21-15-8-6-4-2)28(33)26-27(32)24-18-12-13-19-25(24)31(29(26)34)22-23-16-10-9-11-17-23/h9-13,16-19,32H,3-8,14-15,20-22H2,1-2H3. The van der Waals surface area contributed by atoms with E-state index >= 15 is 0 Å². The van der Waals surface area contributed by atoms with Crippen LogP contribution in [0.1, 0.15) is 81.1 Å². The first-order valence-electron chi connectivity index (χ1n) is 12.8. The average Bonchev–Trinajstić information content (AvgIpc) is 2.86. The molecule has 1 heterocycles. The van der Waals surface area contributed by atoms with Gasteiger partial charge in [0.05, 0.1) is 12.1 Å². The third kappa shape index (κ3) is 6.28. The van der Waals surface area contributed by atoms with E-state index in [9.17, 15) is 14.7 Å². The van der Waals surface area contributed by atoms with Crippen LogP contribution in [0.5, 0.6) is 5.75 Å². The number of aromatic hydroxyl groups is 1. The monoisotopic (exact) mass is 462 g/mol. The Balaban J connectivity index is 2.00. The lowest BCUT2D eigenvalue weighted by Gasteiger charge is -2.24. The second-order valence-corrected chi connectivity index (χ2v) is 9.03. The molecule has 3 rings (SSSR count). The quantitative estimate of drug-likeness (QED) is 0.301. The molecule has 5 heteroatoms. The number of carbonyl (C=O) groups excluding carboxylic acids is 1. The molecular formula is C29H38N2O3. The van der Waals surface area contributed by atoms with E-state index < -0.39 is 5.56 Å². The number of pyridine rings is 1. The number of nitrogens with zero attached hydrogens (tertiary/aromatic N) is 2. The average molecular weight is 463 g/mol. The molecule has 5 nitrogen and oxygen atoms in total. The summed E-state index contributed by atoms with van der Waals surface area (Å²) in [4.78, 5) is 29.2. The van der Waals surface area contributed by atoms with Gasteiger partial charge in [-0.05, 0) is 30.5 Å². The highest BCUT2D eigenvalue weighted by Crippen LogP contribution is 2.28. The minimum Gasteiger partial charge on any atom is -0.506 e. The van der Waals surface area contributed by atoms with Crippen molar-refractivity contribution in [1.29, 1.82) is 0 Å². The summed E-state index contributed by atoms with van der Waals surface area (Å²) in [5.74, 6) is -0.565. The third-order valence-corrected chi connectivity index (χ3v) is 6.39. The van der Waals surface area contributed by atoms with Crippen LogP contribution in [-0.4, -0.2) is 33.6 Å². The van der Waals surface area contributed by atoms with E-state index in [1.807, 2.05) is 48.5 Å². The van der Waals surface area contributed by atoms with Crippen molar-refractivity contribution in [3.05, 3.63) is 76.1 Å². The molecule has 0 fully saturated rings. The van der Waals surface area contributed by atoms with E-state index in [1.165, 1.54) is 0 Å². The lowest BCUT2D eigenvalue weighted by atomic mass is 10.1. The first-order chi connectivity index (χ1) is 16.6. The fourth-order valence-corrected chi connectivity index (χ4v) is 4.44. The maximum absolute atomic E-state index is 13.7. The van der Waals surface area contributed by atoms with E-state index in [0.717, 1.165) is 56.9 Å². The van der Waals surface area contributed by atoms with Gasteiger partial charge < -0.3 is 14.6 Å². The van der Waals surface area contributed by atoms with Crippen molar-refractivity contribution >= 4 is 16.8 Å². The largest absolute Gasteiger partial charge is 0.506 e. The van der Waals surface area contributed by atoms with Gasteiger partial charge in [-0.25, -0.2) is 0 Å². The Labute approximate surface area is 203 Å². The molecule has 0 unspecified atom stereocenters.